The fourth-order valence-corrected chi connectivity index (χ4v) is 3.75. The Bertz CT molecular complexity index is 656. The molecule has 1 N–H and O–H groups in total. The number of hydrogen-bond acceptors (Lipinski definition) is 5. The Morgan fingerprint density at radius 1 is 1.46 bits per heavy atom. The Labute approximate surface area is 140 Å². The van der Waals surface area contributed by atoms with E-state index < -0.39 is 0 Å². The molecule has 3 aliphatic rings. The number of carbonyl (C=O) groups excluding carboxylic acids is 2. The van der Waals surface area contributed by atoms with Crippen LogP contribution in [0.3, 0.4) is 0 Å². The van der Waals surface area contributed by atoms with E-state index in [-0.39, 0.29) is 29.0 Å². The molecular formula is C16H23N5O3. The van der Waals surface area contributed by atoms with Gasteiger partial charge in [0.1, 0.15) is 6.33 Å². The molecule has 1 saturated carbocycles. The molecule has 0 spiro atoms. The maximum Gasteiger partial charge on any atom is 0.293 e. The molecule has 8 nitrogen and oxygen atoms in total. The molecule has 24 heavy (non-hydrogen) atoms. The van der Waals surface area contributed by atoms with E-state index in [4.69, 9.17) is 4.74 Å². The van der Waals surface area contributed by atoms with Crippen LogP contribution >= 0.6 is 0 Å². The molecule has 0 radical (unpaired) electrons. The van der Waals surface area contributed by atoms with Crippen molar-refractivity contribution in [2.45, 2.75) is 19.3 Å². The highest BCUT2D eigenvalue weighted by molar-refractivity contribution is 5.90. The number of likely N-dealkylation sites (tertiary alicyclic amines) is 1. The number of rotatable bonds is 5. The molecule has 1 aliphatic carbocycles. The Balaban J connectivity index is 1.40. The van der Waals surface area contributed by atoms with Crippen LogP contribution in [-0.2, 0) is 16.6 Å². The first kappa shape index (κ1) is 15.6. The predicted octanol–water partition coefficient (Wildman–Crippen LogP) is -0.180. The quantitative estimate of drug-likeness (QED) is 0.807. The van der Waals surface area contributed by atoms with E-state index in [1.165, 1.54) is 23.9 Å². The van der Waals surface area contributed by atoms with E-state index in [2.05, 4.69) is 15.4 Å². The monoisotopic (exact) mass is 333 g/mol. The van der Waals surface area contributed by atoms with Crippen LogP contribution in [0.5, 0.6) is 0 Å². The highest BCUT2D eigenvalue weighted by Crippen LogP contribution is 2.41. The minimum atomic E-state index is -0.177. The van der Waals surface area contributed by atoms with Crippen molar-refractivity contribution >= 4 is 11.8 Å². The van der Waals surface area contributed by atoms with Gasteiger partial charge in [0.25, 0.3) is 5.91 Å². The third kappa shape index (κ3) is 2.90. The molecule has 0 aromatic carbocycles. The van der Waals surface area contributed by atoms with Gasteiger partial charge in [0.15, 0.2) is 0 Å². The average Bonchev–Trinajstić information content (AvgIpc) is 2.96. The number of nitrogens with zero attached hydrogens (tertiary/aromatic N) is 4. The van der Waals surface area contributed by atoms with Crippen molar-refractivity contribution in [2.75, 3.05) is 32.8 Å². The number of aromatic nitrogens is 3. The zero-order chi connectivity index (χ0) is 16.7. The van der Waals surface area contributed by atoms with E-state index in [0.29, 0.717) is 45.2 Å². The van der Waals surface area contributed by atoms with E-state index in [0.717, 1.165) is 0 Å². The Morgan fingerprint density at radius 3 is 3.00 bits per heavy atom. The third-order valence-corrected chi connectivity index (χ3v) is 5.41. The van der Waals surface area contributed by atoms with Crippen molar-refractivity contribution < 1.29 is 14.3 Å². The number of carbonyl (C=O) groups is 2. The highest BCUT2D eigenvalue weighted by Gasteiger charge is 2.52. The van der Waals surface area contributed by atoms with Crippen LogP contribution in [0.25, 0.3) is 0 Å². The average molecular weight is 333 g/mol. The van der Waals surface area contributed by atoms with Crippen LogP contribution in [0, 0.1) is 17.3 Å². The van der Waals surface area contributed by atoms with Gasteiger partial charge < -0.3 is 15.0 Å². The van der Waals surface area contributed by atoms with Crippen LogP contribution in [0.2, 0.25) is 0 Å². The number of nitrogens with one attached hydrogen (secondary N) is 1. The largest absolute Gasteiger partial charge is 0.380 e. The molecule has 2 amide bonds. The van der Waals surface area contributed by atoms with E-state index >= 15 is 0 Å². The van der Waals surface area contributed by atoms with Gasteiger partial charge in [0.2, 0.25) is 11.7 Å². The first-order valence-corrected chi connectivity index (χ1v) is 8.55. The maximum atomic E-state index is 12.6. The summed E-state index contributed by atoms with van der Waals surface area (Å²) in [6.45, 7) is 3.01. The van der Waals surface area contributed by atoms with Gasteiger partial charge in [-0.25, -0.2) is 4.98 Å². The lowest BCUT2D eigenvalue weighted by atomic mass is 9.81. The van der Waals surface area contributed by atoms with Crippen LogP contribution in [-0.4, -0.2) is 64.3 Å². The van der Waals surface area contributed by atoms with Crippen molar-refractivity contribution in [3.8, 4) is 0 Å². The number of fused-ring (bicyclic) bond motifs is 1. The molecular weight excluding hydrogens is 310 g/mol. The fourth-order valence-electron chi connectivity index (χ4n) is 3.75. The zero-order valence-electron chi connectivity index (χ0n) is 13.9. The summed E-state index contributed by atoms with van der Waals surface area (Å²) in [7, 11) is 1.74. The Hall–Kier alpha value is -1.96. The van der Waals surface area contributed by atoms with Crippen molar-refractivity contribution in [2.24, 2.45) is 24.3 Å². The second kappa shape index (κ2) is 5.84. The molecule has 8 heteroatoms. The summed E-state index contributed by atoms with van der Waals surface area (Å²) in [5.41, 5.74) is -0.177. The molecule has 0 bridgehead atoms. The summed E-state index contributed by atoms with van der Waals surface area (Å²) in [6, 6.07) is 0. The van der Waals surface area contributed by atoms with Gasteiger partial charge in [-0.1, -0.05) is 0 Å². The molecule has 1 aromatic rings. The summed E-state index contributed by atoms with van der Waals surface area (Å²) in [6.07, 6.45) is 4.50. The minimum Gasteiger partial charge on any atom is -0.380 e. The molecule has 1 aromatic heterocycles. The summed E-state index contributed by atoms with van der Waals surface area (Å²) in [4.78, 5) is 30.5. The maximum absolute atomic E-state index is 12.6. The number of amides is 2. The van der Waals surface area contributed by atoms with Crippen LogP contribution in [0.15, 0.2) is 6.33 Å². The number of hydrogen-bond donors (Lipinski definition) is 1. The summed E-state index contributed by atoms with van der Waals surface area (Å²) in [5, 5.41) is 7.17. The first-order valence-electron chi connectivity index (χ1n) is 8.55. The van der Waals surface area contributed by atoms with Crippen molar-refractivity contribution in [1.82, 2.24) is 25.0 Å². The molecule has 130 valence electrons. The van der Waals surface area contributed by atoms with Crippen LogP contribution < -0.4 is 5.32 Å². The molecule has 2 atom stereocenters. The summed E-state index contributed by atoms with van der Waals surface area (Å²) >= 11 is 0. The smallest absolute Gasteiger partial charge is 0.293 e. The molecule has 3 heterocycles. The van der Waals surface area contributed by atoms with Crippen molar-refractivity contribution in [3.05, 3.63) is 12.2 Å². The van der Waals surface area contributed by atoms with Crippen LogP contribution in [0.1, 0.15) is 29.9 Å². The second-order valence-corrected chi connectivity index (χ2v) is 7.43. The van der Waals surface area contributed by atoms with Crippen molar-refractivity contribution in [1.29, 1.82) is 0 Å². The summed E-state index contributed by atoms with van der Waals surface area (Å²) in [5.74, 6) is 1.04. The first-order chi connectivity index (χ1) is 11.6. The van der Waals surface area contributed by atoms with Gasteiger partial charge in [-0.3, -0.25) is 14.3 Å². The molecule has 4 rings (SSSR count). The Morgan fingerprint density at radius 2 is 2.29 bits per heavy atom. The SMILES string of the molecule is Cn1cnc(C(=O)N2C[C@@H]3COC[C@]3(CNC(=O)CC3CC3)C2)n1. The van der Waals surface area contributed by atoms with Crippen molar-refractivity contribution in [3.63, 3.8) is 0 Å². The van der Waals surface area contributed by atoms with E-state index in [9.17, 15) is 9.59 Å². The molecule has 0 unspecified atom stereocenters. The molecule has 2 aliphatic heterocycles. The third-order valence-electron chi connectivity index (χ3n) is 5.41. The van der Waals surface area contributed by atoms with Gasteiger partial charge in [-0.2, -0.15) is 0 Å². The van der Waals surface area contributed by atoms with Gasteiger partial charge in [0, 0.05) is 44.4 Å². The molecule has 3 fully saturated rings. The lowest BCUT2D eigenvalue weighted by Crippen LogP contribution is -2.43. The van der Waals surface area contributed by atoms with E-state index in [1.807, 2.05) is 0 Å². The predicted molar refractivity (Wildman–Crippen MR) is 84.0 cm³/mol. The lowest BCUT2D eigenvalue weighted by Gasteiger charge is -2.27. The number of aryl methyl sites for hydroxylation is 1. The fraction of sp³-hybridized carbons (Fsp3) is 0.750. The highest BCUT2D eigenvalue weighted by atomic mass is 16.5. The summed E-state index contributed by atoms with van der Waals surface area (Å²) < 4.78 is 7.18. The second-order valence-electron chi connectivity index (χ2n) is 7.43. The van der Waals surface area contributed by atoms with Gasteiger partial charge in [0.05, 0.1) is 13.2 Å². The molecule has 2 saturated heterocycles. The zero-order valence-corrected chi connectivity index (χ0v) is 13.9. The van der Waals surface area contributed by atoms with E-state index in [1.54, 1.807) is 11.9 Å². The minimum absolute atomic E-state index is 0.119. The van der Waals surface area contributed by atoms with Gasteiger partial charge in [-0.15, -0.1) is 5.10 Å². The topological polar surface area (TPSA) is 89.4 Å². The Kier molecular flexibility index (Phi) is 3.79. The normalized spacial score (nSPS) is 28.9. The number of ether oxygens (including phenoxy) is 1. The van der Waals surface area contributed by atoms with Crippen LogP contribution in [0.4, 0.5) is 0 Å². The van der Waals surface area contributed by atoms with Gasteiger partial charge in [-0.05, 0) is 18.8 Å². The standard InChI is InChI=1S/C16H23N5O3/c1-20-10-18-14(19-20)15(23)21-5-12-6-24-9-16(12,8-21)7-17-13(22)4-11-2-3-11/h10-12H,2-9H2,1H3,(H,17,22)/t12-,16+/m1/s1. The van der Waals surface area contributed by atoms with Gasteiger partial charge >= 0.3 is 0 Å². The lowest BCUT2D eigenvalue weighted by molar-refractivity contribution is -0.122.